The van der Waals surface area contributed by atoms with Crippen LogP contribution in [0.15, 0.2) is 0 Å². The monoisotopic (exact) mass is 192 g/mol. The number of hydrogen-bond acceptors (Lipinski definition) is 1. The Morgan fingerprint density at radius 3 is 2.86 bits per heavy atom. The van der Waals surface area contributed by atoms with Crippen molar-refractivity contribution in [1.29, 1.82) is 0 Å². The molecular weight excluding hydrogens is 172 g/mol. The van der Waals surface area contributed by atoms with Gasteiger partial charge in [-0.2, -0.15) is 0 Å². The summed E-state index contributed by atoms with van der Waals surface area (Å²) < 4.78 is 0. The molecule has 0 radical (unpaired) electrons. The van der Waals surface area contributed by atoms with E-state index in [1.54, 1.807) is 0 Å². The van der Waals surface area contributed by atoms with E-state index in [4.69, 9.17) is 0 Å². The van der Waals surface area contributed by atoms with Gasteiger partial charge in [-0.1, -0.05) is 13.3 Å². The third kappa shape index (κ3) is 1.11. The van der Waals surface area contributed by atoms with Crippen LogP contribution in [0, 0.1) is 29.6 Å². The van der Waals surface area contributed by atoms with E-state index in [2.05, 4.69) is 6.92 Å². The van der Waals surface area contributed by atoms with Crippen molar-refractivity contribution >= 4 is 5.78 Å². The molecule has 4 rings (SSSR count). The van der Waals surface area contributed by atoms with Crippen LogP contribution in [0.1, 0.15) is 45.4 Å². The van der Waals surface area contributed by atoms with Crippen LogP contribution >= 0.6 is 0 Å². The number of Topliss-reactive ketones (excluding diaryl/α,β-unsaturated/α-hetero) is 1. The topological polar surface area (TPSA) is 17.1 Å². The number of ketones is 1. The van der Waals surface area contributed by atoms with Crippen LogP contribution in [-0.2, 0) is 4.79 Å². The second-order valence-electron chi connectivity index (χ2n) is 5.73. The normalized spacial score (nSPS) is 50.1. The van der Waals surface area contributed by atoms with Gasteiger partial charge < -0.3 is 0 Å². The van der Waals surface area contributed by atoms with Crippen LogP contribution in [0.25, 0.3) is 0 Å². The molecule has 1 heteroatoms. The molecule has 0 aromatic rings. The van der Waals surface area contributed by atoms with E-state index in [0.29, 0.717) is 17.6 Å². The molecule has 0 aromatic carbocycles. The summed E-state index contributed by atoms with van der Waals surface area (Å²) >= 11 is 0. The Hall–Kier alpha value is -0.330. The van der Waals surface area contributed by atoms with Crippen LogP contribution in [0.2, 0.25) is 0 Å². The fourth-order valence-corrected chi connectivity index (χ4v) is 4.52. The minimum absolute atomic E-state index is 0.491. The Bertz CT molecular complexity index is 258. The van der Waals surface area contributed by atoms with Crippen molar-refractivity contribution in [2.24, 2.45) is 29.6 Å². The standard InChI is InChI=1S/C13H20O/c1-2-3-11-9-4-8-5-10(7-9)13(14)12(11)6-8/h8-12H,2-7H2,1H3. The molecule has 5 atom stereocenters. The van der Waals surface area contributed by atoms with E-state index < -0.39 is 0 Å². The first kappa shape index (κ1) is 8.94. The van der Waals surface area contributed by atoms with E-state index in [0.717, 1.165) is 17.8 Å². The predicted molar refractivity (Wildman–Crippen MR) is 55.8 cm³/mol. The molecule has 4 saturated carbocycles. The minimum Gasteiger partial charge on any atom is -0.299 e. The van der Waals surface area contributed by atoms with Gasteiger partial charge in [-0.05, 0) is 49.9 Å². The van der Waals surface area contributed by atoms with Crippen molar-refractivity contribution in [2.75, 3.05) is 0 Å². The zero-order valence-corrected chi connectivity index (χ0v) is 9.04. The Labute approximate surface area is 86.3 Å². The second-order valence-corrected chi connectivity index (χ2v) is 5.73. The molecular formula is C13H20O. The van der Waals surface area contributed by atoms with Crippen molar-refractivity contribution in [1.82, 2.24) is 0 Å². The summed E-state index contributed by atoms with van der Waals surface area (Å²) in [4.78, 5) is 12.1. The summed E-state index contributed by atoms with van der Waals surface area (Å²) in [5, 5.41) is 0. The lowest BCUT2D eigenvalue weighted by atomic mass is 9.50. The molecule has 0 spiro atoms. The SMILES string of the molecule is CCCC1C2CC3CC(C2)C(=O)C1C3. The molecule has 14 heavy (non-hydrogen) atoms. The maximum atomic E-state index is 12.1. The number of carbonyl (C=O) groups is 1. The molecule has 1 nitrogen and oxygen atoms in total. The first-order valence-corrected chi connectivity index (χ1v) is 6.33. The molecule has 0 aliphatic heterocycles. The van der Waals surface area contributed by atoms with Gasteiger partial charge in [-0.25, -0.2) is 0 Å². The molecule has 0 amide bonds. The molecule has 4 aliphatic rings. The molecule has 4 aliphatic carbocycles. The van der Waals surface area contributed by atoms with Gasteiger partial charge in [0.05, 0.1) is 0 Å². The van der Waals surface area contributed by atoms with Crippen LogP contribution in [0.5, 0.6) is 0 Å². The second kappa shape index (κ2) is 3.08. The van der Waals surface area contributed by atoms with Gasteiger partial charge in [-0.15, -0.1) is 0 Å². The first-order valence-electron chi connectivity index (χ1n) is 6.33. The van der Waals surface area contributed by atoms with Gasteiger partial charge in [0.1, 0.15) is 5.78 Å². The zero-order valence-electron chi connectivity index (χ0n) is 9.04. The Balaban J connectivity index is 1.86. The highest BCUT2D eigenvalue weighted by atomic mass is 16.1. The number of rotatable bonds is 2. The Kier molecular flexibility index (Phi) is 1.97. The van der Waals surface area contributed by atoms with Gasteiger partial charge in [-0.3, -0.25) is 4.79 Å². The zero-order chi connectivity index (χ0) is 9.71. The van der Waals surface area contributed by atoms with Crippen molar-refractivity contribution in [3.8, 4) is 0 Å². The summed E-state index contributed by atoms with van der Waals surface area (Å²) in [6.45, 7) is 2.26. The van der Waals surface area contributed by atoms with Gasteiger partial charge in [0.2, 0.25) is 0 Å². The molecule has 0 N–H and O–H groups in total. The highest BCUT2D eigenvalue weighted by Gasteiger charge is 2.52. The molecule has 0 saturated heterocycles. The molecule has 0 aromatic heterocycles. The van der Waals surface area contributed by atoms with Gasteiger partial charge in [0.25, 0.3) is 0 Å². The van der Waals surface area contributed by atoms with E-state index in [1.807, 2.05) is 0 Å². The van der Waals surface area contributed by atoms with Crippen molar-refractivity contribution in [3.63, 3.8) is 0 Å². The smallest absolute Gasteiger partial charge is 0.139 e. The minimum atomic E-state index is 0.491. The molecule has 5 unspecified atom stereocenters. The number of hydrogen-bond donors (Lipinski definition) is 0. The lowest BCUT2D eigenvalue weighted by Gasteiger charge is -2.53. The third-order valence-electron chi connectivity index (χ3n) is 4.94. The van der Waals surface area contributed by atoms with Crippen molar-refractivity contribution in [2.45, 2.75) is 45.4 Å². The fourth-order valence-electron chi connectivity index (χ4n) is 4.52. The lowest BCUT2D eigenvalue weighted by Crippen LogP contribution is -2.51. The third-order valence-corrected chi connectivity index (χ3v) is 4.94. The summed E-state index contributed by atoms with van der Waals surface area (Å²) in [6.07, 6.45) is 7.75. The van der Waals surface area contributed by atoms with E-state index >= 15 is 0 Å². The van der Waals surface area contributed by atoms with Crippen LogP contribution < -0.4 is 0 Å². The molecule has 0 heterocycles. The summed E-state index contributed by atoms with van der Waals surface area (Å²) in [7, 11) is 0. The van der Waals surface area contributed by atoms with Gasteiger partial charge >= 0.3 is 0 Å². The van der Waals surface area contributed by atoms with Gasteiger partial charge in [0.15, 0.2) is 0 Å². The Morgan fingerprint density at radius 1 is 1.21 bits per heavy atom. The van der Waals surface area contributed by atoms with E-state index in [1.165, 1.54) is 38.5 Å². The maximum absolute atomic E-state index is 12.1. The fraction of sp³-hybridized carbons (Fsp3) is 0.923. The average molecular weight is 192 g/mol. The summed E-state index contributed by atoms with van der Waals surface area (Å²) in [6, 6.07) is 0. The van der Waals surface area contributed by atoms with Crippen molar-refractivity contribution in [3.05, 3.63) is 0 Å². The van der Waals surface area contributed by atoms with Gasteiger partial charge in [0, 0.05) is 11.8 Å². The van der Waals surface area contributed by atoms with E-state index in [9.17, 15) is 4.79 Å². The summed E-state index contributed by atoms with van der Waals surface area (Å²) in [5.74, 6) is 4.26. The predicted octanol–water partition coefficient (Wildman–Crippen LogP) is 3.04. The number of carbonyl (C=O) groups excluding carboxylic acids is 1. The average Bonchev–Trinajstić information content (AvgIpc) is 2.18. The van der Waals surface area contributed by atoms with Crippen LogP contribution in [0.3, 0.4) is 0 Å². The highest BCUT2D eigenvalue weighted by Crippen LogP contribution is 2.55. The molecule has 78 valence electrons. The maximum Gasteiger partial charge on any atom is 0.139 e. The highest BCUT2D eigenvalue weighted by molar-refractivity contribution is 5.85. The lowest BCUT2D eigenvalue weighted by molar-refractivity contribution is -0.146. The molecule has 4 bridgehead atoms. The van der Waals surface area contributed by atoms with E-state index in [-0.39, 0.29) is 0 Å². The summed E-state index contributed by atoms with van der Waals surface area (Å²) in [5.41, 5.74) is 0. The largest absolute Gasteiger partial charge is 0.299 e. The van der Waals surface area contributed by atoms with Crippen LogP contribution in [0.4, 0.5) is 0 Å². The first-order chi connectivity index (χ1) is 6.79. The Morgan fingerprint density at radius 2 is 2.07 bits per heavy atom. The quantitative estimate of drug-likeness (QED) is 0.657. The van der Waals surface area contributed by atoms with Crippen LogP contribution in [-0.4, -0.2) is 5.78 Å². The van der Waals surface area contributed by atoms with Crippen molar-refractivity contribution < 1.29 is 4.79 Å². The molecule has 4 fully saturated rings.